The largest absolute Gasteiger partial charge is 0.490 e. The van der Waals surface area contributed by atoms with Crippen molar-refractivity contribution in [2.75, 3.05) is 6.61 Å². The number of para-hydroxylation sites is 1. The van der Waals surface area contributed by atoms with Gasteiger partial charge in [0.05, 0.1) is 12.8 Å². The Morgan fingerprint density at radius 2 is 1.91 bits per heavy atom. The van der Waals surface area contributed by atoms with Gasteiger partial charge >= 0.3 is 5.91 Å². The third-order valence-corrected chi connectivity index (χ3v) is 5.86. The van der Waals surface area contributed by atoms with Gasteiger partial charge in [-0.1, -0.05) is 36.4 Å². The minimum Gasteiger partial charge on any atom is -0.490 e. The fourth-order valence-electron chi connectivity index (χ4n) is 3.54. The standard InChI is InChI=1S/C28H25IN2O4/c1-3-7-22-14-20(17-30-31-28(32)26-16-21-8-5-6-9-24(21)35-26)15-25(33-4-2)27(22)34-18-19-10-12-23(29)13-11-19/h3,5-6,8-17H,1,4,7,18H2,2H3,(H,31,32)/b30-17+. The molecule has 35 heavy (non-hydrogen) atoms. The number of carbonyl (C=O) groups is 1. The van der Waals surface area contributed by atoms with E-state index in [1.165, 1.54) is 3.57 Å². The fraction of sp³-hybridized carbons (Fsp3) is 0.143. The lowest BCUT2D eigenvalue weighted by atomic mass is 10.1. The van der Waals surface area contributed by atoms with Gasteiger partial charge in [-0.2, -0.15) is 5.10 Å². The Hall–Kier alpha value is -3.59. The van der Waals surface area contributed by atoms with Crippen LogP contribution in [0.25, 0.3) is 11.0 Å². The highest BCUT2D eigenvalue weighted by molar-refractivity contribution is 14.1. The van der Waals surface area contributed by atoms with Crippen LogP contribution in [0.2, 0.25) is 0 Å². The van der Waals surface area contributed by atoms with Gasteiger partial charge in [-0.15, -0.1) is 6.58 Å². The molecule has 0 unspecified atom stereocenters. The maximum absolute atomic E-state index is 12.5. The molecule has 0 aliphatic heterocycles. The molecule has 1 aromatic heterocycles. The van der Waals surface area contributed by atoms with E-state index < -0.39 is 5.91 Å². The van der Waals surface area contributed by atoms with Gasteiger partial charge in [0.25, 0.3) is 0 Å². The van der Waals surface area contributed by atoms with Crippen LogP contribution in [0.5, 0.6) is 11.5 Å². The average molecular weight is 580 g/mol. The van der Waals surface area contributed by atoms with E-state index in [-0.39, 0.29) is 5.76 Å². The lowest BCUT2D eigenvalue weighted by Crippen LogP contribution is -2.16. The number of furan rings is 1. The van der Waals surface area contributed by atoms with Crippen LogP contribution in [0.1, 0.15) is 34.2 Å². The maximum Gasteiger partial charge on any atom is 0.307 e. The van der Waals surface area contributed by atoms with E-state index in [0.717, 1.165) is 22.1 Å². The normalized spacial score (nSPS) is 11.0. The number of hydrogen-bond acceptors (Lipinski definition) is 5. The number of hydrazone groups is 1. The van der Waals surface area contributed by atoms with Crippen molar-refractivity contribution in [3.8, 4) is 11.5 Å². The summed E-state index contributed by atoms with van der Waals surface area (Å²) in [7, 11) is 0. The van der Waals surface area contributed by atoms with E-state index in [9.17, 15) is 4.79 Å². The Bertz CT molecular complexity index is 1330. The third-order valence-electron chi connectivity index (χ3n) is 5.14. The molecule has 0 saturated heterocycles. The SMILES string of the molecule is C=CCc1cc(/C=N/NC(=O)c2cc3ccccc3o2)cc(OCC)c1OCc1ccc(I)cc1. The first kappa shape index (κ1) is 24.5. The first-order valence-corrected chi connectivity index (χ1v) is 12.2. The van der Waals surface area contributed by atoms with Crippen LogP contribution in [0, 0.1) is 3.57 Å². The number of allylic oxidation sites excluding steroid dienone is 1. The van der Waals surface area contributed by atoms with Crippen molar-refractivity contribution in [1.29, 1.82) is 0 Å². The molecular formula is C28H25IN2O4. The lowest BCUT2D eigenvalue weighted by Gasteiger charge is -2.17. The summed E-state index contributed by atoms with van der Waals surface area (Å²) in [5.41, 5.74) is 5.92. The van der Waals surface area contributed by atoms with Crippen molar-refractivity contribution in [1.82, 2.24) is 5.43 Å². The summed E-state index contributed by atoms with van der Waals surface area (Å²) < 4.78 is 18.8. The molecule has 1 N–H and O–H groups in total. The molecule has 0 saturated carbocycles. The number of carbonyl (C=O) groups excluding carboxylic acids is 1. The second-order valence-corrected chi connectivity index (χ2v) is 8.94. The van der Waals surface area contributed by atoms with E-state index in [4.69, 9.17) is 13.9 Å². The predicted molar refractivity (Wildman–Crippen MR) is 146 cm³/mol. The number of halogens is 1. The lowest BCUT2D eigenvalue weighted by molar-refractivity contribution is 0.0929. The Kier molecular flexibility index (Phi) is 8.20. The molecule has 0 radical (unpaired) electrons. The maximum atomic E-state index is 12.5. The highest BCUT2D eigenvalue weighted by atomic mass is 127. The number of ether oxygens (including phenoxy) is 2. The second kappa shape index (κ2) is 11.7. The molecule has 178 valence electrons. The summed E-state index contributed by atoms with van der Waals surface area (Å²) >= 11 is 2.28. The molecule has 0 atom stereocenters. The van der Waals surface area contributed by atoms with Crippen LogP contribution < -0.4 is 14.9 Å². The molecule has 4 aromatic rings. The molecule has 1 amide bonds. The highest BCUT2D eigenvalue weighted by Gasteiger charge is 2.14. The monoisotopic (exact) mass is 580 g/mol. The minimum atomic E-state index is -0.425. The van der Waals surface area contributed by atoms with Gasteiger partial charge < -0.3 is 13.9 Å². The number of nitrogens with one attached hydrogen (secondary N) is 1. The van der Waals surface area contributed by atoms with E-state index in [1.54, 1.807) is 12.3 Å². The Morgan fingerprint density at radius 3 is 2.66 bits per heavy atom. The van der Waals surface area contributed by atoms with Crippen molar-refractivity contribution >= 4 is 45.7 Å². The van der Waals surface area contributed by atoms with Crippen molar-refractivity contribution in [2.24, 2.45) is 5.10 Å². The van der Waals surface area contributed by atoms with Crippen molar-refractivity contribution in [2.45, 2.75) is 20.0 Å². The summed E-state index contributed by atoms with van der Waals surface area (Å²) in [5, 5.41) is 4.97. The number of amides is 1. The summed E-state index contributed by atoms with van der Waals surface area (Å²) in [4.78, 5) is 12.5. The van der Waals surface area contributed by atoms with Gasteiger partial charge in [0, 0.05) is 14.5 Å². The summed E-state index contributed by atoms with van der Waals surface area (Å²) in [5.74, 6) is 1.06. The first-order valence-electron chi connectivity index (χ1n) is 11.2. The van der Waals surface area contributed by atoms with Crippen molar-refractivity contribution < 1.29 is 18.7 Å². The van der Waals surface area contributed by atoms with Gasteiger partial charge in [-0.05, 0) is 83.5 Å². The van der Waals surface area contributed by atoms with Crippen molar-refractivity contribution in [3.63, 3.8) is 0 Å². The topological polar surface area (TPSA) is 73.1 Å². The number of nitrogens with zero attached hydrogens (tertiary/aromatic N) is 1. The third kappa shape index (κ3) is 6.30. The molecule has 0 fully saturated rings. The van der Waals surface area contributed by atoms with E-state index in [0.29, 0.717) is 36.7 Å². The second-order valence-electron chi connectivity index (χ2n) is 7.70. The van der Waals surface area contributed by atoms with Gasteiger partial charge in [0.1, 0.15) is 12.2 Å². The number of benzene rings is 3. The molecule has 7 heteroatoms. The van der Waals surface area contributed by atoms with Crippen LogP contribution in [0.15, 0.2) is 88.9 Å². The van der Waals surface area contributed by atoms with Crippen molar-refractivity contribution in [3.05, 3.63) is 105 Å². The number of hydrogen-bond donors (Lipinski definition) is 1. The minimum absolute atomic E-state index is 0.199. The number of fused-ring (bicyclic) bond motifs is 1. The van der Waals surface area contributed by atoms with E-state index >= 15 is 0 Å². The van der Waals surface area contributed by atoms with E-state index in [1.807, 2.05) is 73.7 Å². The molecule has 0 bridgehead atoms. The molecule has 0 spiro atoms. The zero-order chi connectivity index (χ0) is 24.6. The highest BCUT2D eigenvalue weighted by Crippen LogP contribution is 2.34. The number of rotatable bonds is 10. The van der Waals surface area contributed by atoms with Gasteiger partial charge in [-0.25, -0.2) is 5.43 Å². The molecule has 6 nitrogen and oxygen atoms in total. The smallest absolute Gasteiger partial charge is 0.307 e. The van der Waals surface area contributed by atoms with Gasteiger partial charge in [0.2, 0.25) is 0 Å². The quantitative estimate of drug-likeness (QED) is 0.101. The predicted octanol–water partition coefficient (Wildman–Crippen LogP) is 6.51. The first-order chi connectivity index (χ1) is 17.1. The van der Waals surface area contributed by atoms with Crippen LogP contribution in [0.3, 0.4) is 0 Å². The summed E-state index contributed by atoms with van der Waals surface area (Å²) in [6, 6.07) is 21.1. The molecule has 1 heterocycles. The summed E-state index contributed by atoms with van der Waals surface area (Å²) in [6.07, 6.45) is 3.97. The Labute approximate surface area is 217 Å². The van der Waals surface area contributed by atoms with Gasteiger partial charge in [0.15, 0.2) is 17.3 Å². The average Bonchev–Trinajstić information content (AvgIpc) is 3.30. The zero-order valence-corrected chi connectivity index (χ0v) is 21.4. The molecule has 4 rings (SSSR count). The van der Waals surface area contributed by atoms with E-state index in [2.05, 4.69) is 39.7 Å². The molecule has 0 aliphatic rings. The Morgan fingerprint density at radius 1 is 1.11 bits per heavy atom. The van der Waals surface area contributed by atoms with Crippen LogP contribution >= 0.6 is 22.6 Å². The van der Waals surface area contributed by atoms with Gasteiger partial charge in [-0.3, -0.25) is 4.79 Å². The van der Waals surface area contributed by atoms with Crippen LogP contribution in [0.4, 0.5) is 0 Å². The molecule has 0 aliphatic carbocycles. The zero-order valence-electron chi connectivity index (χ0n) is 19.3. The Balaban J connectivity index is 1.52. The summed E-state index contributed by atoms with van der Waals surface area (Å²) in [6.45, 7) is 6.69. The fourth-order valence-corrected chi connectivity index (χ4v) is 3.90. The molecule has 3 aromatic carbocycles. The van der Waals surface area contributed by atoms with Crippen LogP contribution in [-0.2, 0) is 13.0 Å². The molecular weight excluding hydrogens is 555 g/mol. The van der Waals surface area contributed by atoms with Crippen LogP contribution in [-0.4, -0.2) is 18.7 Å².